The summed E-state index contributed by atoms with van der Waals surface area (Å²) in [4.78, 5) is 11.4. The van der Waals surface area contributed by atoms with Crippen LogP contribution < -0.4 is 9.64 Å². The zero-order chi connectivity index (χ0) is 14.4. The van der Waals surface area contributed by atoms with Crippen molar-refractivity contribution in [3.05, 3.63) is 28.3 Å². The highest BCUT2D eigenvalue weighted by Crippen LogP contribution is 2.32. The lowest BCUT2D eigenvalue weighted by molar-refractivity contribution is -0.384. The Bertz CT molecular complexity index is 443. The van der Waals surface area contributed by atoms with E-state index in [-0.39, 0.29) is 30.3 Å². The van der Waals surface area contributed by atoms with E-state index in [9.17, 15) is 18.9 Å². The number of halogens is 2. The lowest BCUT2D eigenvalue weighted by Gasteiger charge is -2.23. The van der Waals surface area contributed by atoms with Crippen molar-refractivity contribution < 1.29 is 23.5 Å². The molecule has 0 unspecified atom stereocenters. The van der Waals surface area contributed by atoms with Crippen LogP contribution in [-0.2, 0) is 0 Å². The molecule has 0 saturated carbocycles. The summed E-state index contributed by atoms with van der Waals surface area (Å²) in [5.41, 5.74) is -0.311. The average molecular weight is 276 g/mol. The third kappa shape index (κ3) is 4.02. The number of hydrogen-bond acceptors (Lipinski definition) is 5. The normalized spacial score (nSPS) is 10.6. The van der Waals surface area contributed by atoms with E-state index in [2.05, 4.69) is 0 Å². The van der Waals surface area contributed by atoms with Gasteiger partial charge in [-0.3, -0.25) is 10.1 Å². The predicted molar refractivity (Wildman–Crippen MR) is 65.0 cm³/mol. The van der Waals surface area contributed by atoms with Crippen LogP contribution in [0.5, 0.6) is 5.75 Å². The second kappa shape index (κ2) is 6.83. The Morgan fingerprint density at radius 2 is 2.21 bits per heavy atom. The molecule has 0 aliphatic heterocycles. The Morgan fingerprint density at radius 3 is 2.68 bits per heavy atom. The molecule has 0 atom stereocenters. The molecule has 0 spiro atoms. The lowest BCUT2D eigenvalue weighted by atomic mass is 10.2. The largest absolute Gasteiger partial charge is 0.496 e. The molecule has 1 N–H and O–H groups in total. The fourth-order valence-electron chi connectivity index (χ4n) is 1.64. The minimum Gasteiger partial charge on any atom is -0.496 e. The summed E-state index contributed by atoms with van der Waals surface area (Å²) in [5, 5.41) is 19.8. The highest BCUT2D eigenvalue weighted by molar-refractivity contribution is 5.65. The third-order valence-electron chi connectivity index (χ3n) is 2.45. The Labute approximate surface area is 108 Å². The Morgan fingerprint density at radius 1 is 1.53 bits per heavy atom. The van der Waals surface area contributed by atoms with Crippen molar-refractivity contribution in [2.24, 2.45) is 0 Å². The van der Waals surface area contributed by atoms with Gasteiger partial charge in [0.1, 0.15) is 11.4 Å². The Kier molecular flexibility index (Phi) is 5.43. The number of ether oxygens (including phenoxy) is 1. The van der Waals surface area contributed by atoms with E-state index in [0.29, 0.717) is 0 Å². The molecule has 0 radical (unpaired) electrons. The number of methoxy groups -OCH3 is 1. The minimum absolute atomic E-state index is 0.0279. The molecule has 106 valence electrons. The number of benzene rings is 1. The maximum absolute atomic E-state index is 12.5. The first-order valence-electron chi connectivity index (χ1n) is 5.46. The van der Waals surface area contributed by atoms with Gasteiger partial charge in [-0.15, -0.1) is 0 Å². The van der Waals surface area contributed by atoms with Crippen molar-refractivity contribution in [1.82, 2.24) is 0 Å². The highest BCUT2D eigenvalue weighted by atomic mass is 19.3. The molecule has 0 fully saturated rings. The van der Waals surface area contributed by atoms with Crippen molar-refractivity contribution in [2.75, 3.05) is 31.7 Å². The minimum atomic E-state index is -2.66. The Hall–Kier alpha value is -1.96. The number of nitro groups is 1. The quantitative estimate of drug-likeness (QED) is 0.605. The van der Waals surface area contributed by atoms with Crippen LogP contribution in [0.1, 0.15) is 0 Å². The topological polar surface area (TPSA) is 75.8 Å². The van der Waals surface area contributed by atoms with E-state index < -0.39 is 17.9 Å². The molecule has 0 amide bonds. The van der Waals surface area contributed by atoms with Crippen LogP contribution in [0.3, 0.4) is 0 Å². The van der Waals surface area contributed by atoms with Crippen molar-refractivity contribution >= 4 is 11.4 Å². The van der Waals surface area contributed by atoms with Gasteiger partial charge in [-0.2, -0.15) is 0 Å². The summed E-state index contributed by atoms with van der Waals surface area (Å²) in [6.45, 7) is -1.18. The first kappa shape index (κ1) is 15.1. The van der Waals surface area contributed by atoms with E-state index in [1.807, 2.05) is 0 Å². The van der Waals surface area contributed by atoms with Crippen LogP contribution in [0.2, 0.25) is 0 Å². The van der Waals surface area contributed by atoms with Crippen LogP contribution in [0, 0.1) is 10.1 Å². The predicted octanol–water partition coefficient (Wildman–Crippen LogP) is 1.67. The fourth-order valence-corrected chi connectivity index (χ4v) is 1.64. The maximum Gasteiger partial charge on any atom is 0.296 e. The van der Waals surface area contributed by atoms with Crippen LogP contribution in [0.4, 0.5) is 20.2 Å². The van der Waals surface area contributed by atoms with E-state index in [0.717, 1.165) is 11.0 Å². The summed E-state index contributed by atoms with van der Waals surface area (Å²) in [6, 6.07) is 3.93. The van der Waals surface area contributed by atoms with Crippen molar-refractivity contribution in [3.63, 3.8) is 0 Å². The summed E-state index contributed by atoms with van der Waals surface area (Å²) < 4.78 is 29.8. The number of nitro benzene ring substituents is 1. The number of hydrogen-bond donors (Lipinski definition) is 1. The lowest BCUT2D eigenvalue weighted by Crippen LogP contribution is -2.32. The molecular weight excluding hydrogens is 262 g/mol. The van der Waals surface area contributed by atoms with Gasteiger partial charge >= 0.3 is 0 Å². The van der Waals surface area contributed by atoms with Crippen molar-refractivity contribution in [2.45, 2.75) is 6.43 Å². The van der Waals surface area contributed by atoms with E-state index >= 15 is 0 Å². The van der Waals surface area contributed by atoms with Crippen molar-refractivity contribution in [3.8, 4) is 5.75 Å². The maximum atomic E-state index is 12.5. The van der Waals surface area contributed by atoms with Gasteiger partial charge in [0.05, 0.1) is 31.3 Å². The average Bonchev–Trinajstić information content (AvgIpc) is 2.37. The van der Waals surface area contributed by atoms with Crippen LogP contribution >= 0.6 is 0 Å². The summed E-state index contributed by atoms with van der Waals surface area (Å²) in [6.07, 6.45) is -2.66. The molecule has 0 aliphatic rings. The van der Waals surface area contributed by atoms with Gasteiger partial charge in [0.2, 0.25) is 0 Å². The van der Waals surface area contributed by atoms with Crippen LogP contribution in [0.15, 0.2) is 18.2 Å². The molecule has 19 heavy (non-hydrogen) atoms. The van der Waals surface area contributed by atoms with Gasteiger partial charge in [0.25, 0.3) is 12.1 Å². The number of nitrogens with zero attached hydrogens (tertiary/aromatic N) is 2. The van der Waals surface area contributed by atoms with Gasteiger partial charge in [-0.05, 0) is 12.1 Å². The molecule has 6 nitrogen and oxygen atoms in total. The van der Waals surface area contributed by atoms with Crippen LogP contribution in [0.25, 0.3) is 0 Å². The molecule has 0 heterocycles. The Balaban J connectivity index is 3.16. The molecule has 8 heteroatoms. The molecule has 1 aromatic carbocycles. The number of rotatable bonds is 7. The van der Waals surface area contributed by atoms with Gasteiger partial charge < -0.3 is 14.7 Å². The molecule has 0 aliphatic carbocycles. The summed E-state index contributed by atoms with van der Waals surface area (Å²) in [7, 11) is 1.35. The first-order valence-corrected chi connectivity index (χ1v) is 5.46. The SMILES string of the molecule is COc1ccc(N(CCO)CC(F)F)c([N+](=O)[O-])c1. The zero-order valence-corrected chi connectivity index (χ0v) is 10.3. The van der Waals surface area contributed by atoms with Gasteiger partial charge in [-0.25, -0.2) is 8.78 Å². The van der Waals surface area contributed by atoms with E-state index in [1.54, 1.807) is 0 Å². The fraction of sp³-hybridized carbons (Fsp3) is 0.455. The van der Waals surface area contributed by atoms with Gasteiger partial charge in [-0.1, -0.05) is 0 Å². The number of aliphatic hydroxyl groups excluding tert-OH is 1. The number of aliphatic hydroxyl groups is 1. The molecular formula is C11H14F2N2O4. The van der Waals surface area contributed by atoms with Crippen molar-refractivity contribution in [1.29, 1.82) is 0 Å². The summed E-state index contributed by atoms with van der Waals surface area (Å²) >= 11 is 0. The first-order chi connectivity index (χ1) is 8.99. The smallest absolute Gasteiger partial charge is 0.296 e. The van der Waals surface area contributed by atoms with Gasteiger partial charge in [0, 0.05) is 6.54 Å². The summed E-state index contributed by atoms with van der Waals surface area (Å²) in [5.74, 6) is 0.261. The zero-order valence-electron chi connectivity index (χ0n) is 10.3. The standard InChI is InChI=1S/C11H14F2N2O4/c1-19-8-2-3-9(10(6-8)15(17)18)14(4-5-16)7-11(12)13/h2-3,6,11,16H,4-5,7H2,1H3. The molecule has 0 bridgehead atoms. The highest BCUT2D eigenvalue weighted by Gasteiger charge is 2.22. The monoisotopic (exact) mass is 276 g/mol. The van der Waals surface area contributed by atoms with E-state index in [4.69, 9.17) is 9.84 Å². The van der Waals surface area contributed by atoms with E-state index in [1.165, 1.54) is 19.2 Å². The number of anilines is 1. The molecule has 0 saturated heterocycles. The second-order valence-electron chi connectivity index (χ2n) is 3.67. The molecule has 1 rings (SSSR count). The second-order valence-corrected chi connectivity index (χ2v) is 3.67. The van der Waals surface area contributed by atoms with Crippen LogP contribution in [-0.4, -0.2) is 43.3 Å². The molecule has 0 aromatic heterocycles. The third-order valence-corrected chi connectivity index (χ3v) is 2.45. The number of alkyl halides is 2. The molecule has 1 aromatic rings. The van der Waals surface area contributed by atoms with Gasteiger partial charge in [0.15, 0.2) is 0 Å².